The van der Waals surface area contributed by atoms with Gasteiger partial charge in [-0.25, -0.2) is 0 Å². The first-order chi connectivity index (χ1) is 12.4. The molecule has 4 nitrogen and oxygen atoms in total. The van der Waals surface area contributed by atoms with E-state index in [2.05, 4.69) is 55.3 Å². The monoisotopic (exact) mass is 352 g/mol. The Morgan fingerprint density at radius 3 is 2.46 bits per heavy atom. The summed E-state index contributed by atoms with van der Waals surface area (Å²) in [7, 11) is 0. The van der Waals surface area contributed by atoms with Gasteiger partial charge in [0.05, 0.1) is 26.2 Å². The molecule has 26 heavy (non-hydrogen) atoms. The summed E-state index contributed by atoms with van der Waals surface area (Å²) in [5.74, 6) is 0.104. The molecule has 2 aromatic rings. The van der Waals surface area contributed by atoms with Gasteiger partial charge in [0.1, 0.15) is 0 Å². The molecule has 1 aliphatic rings. The van der Waals surface area contributed by atoms with Crippen LogP contribution in [0.3, 0.4) is 0 Å². The Labute approximate surface area is 156 Å². The lowest BCUT2D eigenvalue weighted by molar-refractivity contribution is -0.892. The van der Waals surface area contributed by atoms with E-state index in [0.717, 1.165) is 37.4 Å². The Bertz CT molecular complexity index is 792. The largest absolute Gasteiger partial charge is 0.360 e. The van der Waals surface area contributed by atoms with Gasteiger partial charge in [-0.05, 0) is 56.5 Å². The summed E-state index contributed by atoms with van der Waals surface area (Å²) in [6.07, 6.45) is 0. The van der Waals surface area contributed by atoms with Crippen molar-refractivity contribution in [2.24, 2.45) is 0 Å². The number of carbonyl (C=O) groups excluding carboxylic acids is 1. The van der Waals surface area contributed by atoms with Crippen LogP contribution in [-0.2, 0) is 4.79 Å². The first-order valence-electron chi connectivity index (χ1n) is 9.46. The Kier molecular flexibility index (Phi) is 5.62. The third kappa shape index (κ3) is 4.25. The second-order valence-corrected chi connectivity index (χ2v) is 7.50. The molecular formula is C22H30N3O+. The molecule has 3 rings (SSSR count). The van der Waals surface area contributed by atoms with Crippen LogP contribution in [-0.4, -0.2) is 38.6 Å². The molecule has 0 atom stereocenters. The van der Waals surface area contributed by atoms with E-state index in [4.69, 9.17) is 0 Å². The highest BCUT2D eigenvalue weighted by molar-refractivity contribution is 5.92. The van der Waals surface area contributed by atoms with Crippen molar-refractivity contribution in [3.63, 3.8) is 0 Å². The van der Waals surface area contributed by atoms with Gasteiger partial charge in [-0.3, -0.25) is 4.79 Å². The highest BCUT2D eigenvalue weighted by atomic mass is 16.2. The minimum Gasteiger partial charge on any atom is -0.360 e. The summed E-state index contributed by atoms with van der Waals surface area (Å²) in [5.41, 5.74) is 7.30. The molecule has 0 aromatic heterocycles. The van der Waals surface area contributed by atoms with Crippen molar-refractivity contribution in [1.82, 2.24) is 0 Å². The Hall–Kier alpha value is -2.33. The molecule has 0 radical (unpaired) electrons. The average molecular weight is 353 g/mol. The maximum Gasteiger partial charge on any atom is 0.279 e. The van der Waals surface area contributed by atoms with Crippen LogP contribution in [0.25, 0.3) is 0 Å². The first kappa shape index (κ1) is 18.5. The van der Waals surface area contributed by atoms with Gasteiger partial charge in [0.2, 0.25) is 0 Å². The number of hydrogen-bond donors (Lipinski definition) is 2. The number of quaternary nitrogens is 1. The van der Waals surface area contributed by atoms with Crippen molar-refractivity contribution in [2.75, 3.05) is 42.9 Å². The van der Waals surface area contributed by atoms with E-state index >= 15 is 0 Å². The van der Waals surface area contributed by atoms with Gasteiger partial charge in [0.25, 0.3) is 5.91 Å². The van der Waals surface area contributed by atoms with Crippen LogP contribution in [0.15, 0.2) is 36.4 Å². The SMILES string of the molecule is Cc1ccc(NC(=O)C[NH+]2CCN(c3cccc(C)c3C)CC2)c(C)c1. The summed E-state index contributed by atoms with van der Waals surface area (Å²) < 4.78 is 0. The molecule has 1 aliphatic heterocycles. The summed E-state index contributed by atoms with van der Waals surface area (Å²) in [6.45, 7) is 13.0. The summed E-state index contributed by atoms with van der Waals surface area (Å²) in [4.78, 5) is 16.2. The third-order valence-corrected chi connectivity index (χ3v) is 5.45. The highest BCUT2D eigenvalue weighted by Crippen LogP contribution is 2.22. The molecule has 0 saturated carbocycles. The topological polar surface area (TPSA) is 36.8 Å². The van der Waals surface area contributed by atoms with E-state index in [1.54, 1.807) is 0 Å². The fourth-order valence-electron chi connectivity index (χ4n) is 3.69. The van der Waals surface area contributed by atoms with Crippen LogP contribution >= 0.6 is 0 Å². The highest BCUT2D eigenvalue weighted by Gasteiger charge is 2.23. The predicted octanol–water partition coefficient (Wildman–Crippen LogP) is 2.26. The Morgan fingerprint density at radius 1 is 1.04 bits per heavy atom. The molecule has 0 aliphatic carbocycles. The number of hydrogen-bond acceptors (Lipinski definition) is 2. The number of rotatable bonds is 4. The van der Waals surface area contributed by atoms with Gasteiger partial charge in [-0.2, -0.15) is 0 Å². The number of carbonyl (C=O) groups is 1. The Morgan fingerprint density at radius 2 is 1.77 bits per heavy atom. The van der Waals surface area contributed by atoms with Crippen LogP contribution in [0, 0.1) is 27.7 Å². The molecule has 1 fully saturated rings. The summed E-state index contributed by atoms with van der Waals surface area (Å²) in [6, 6.07) is 12.6. The fraction of sp³-hybridized carbons (Fsp3) is 0.409. The number of aryl methyl sites for hydroxylation is 3. The standard InChI is InChI=1S/C22H29N3O/c1-16-8-9-20(18(3)14-16)23-22(26)15-24-10-12-25(13-11-24)21-7-5-6-17(2)19(21)4/h5-9,14H,10-13,15H2,1-4H3,(H,23,26)/p+1. The maximum atomic E-state index is 12.4. The van der Waals surface area contributed by atoms with Gasteiger partial charge < -0.3 is 15.1 Å². The molecular weight excluding hydrogens is 322 g/mol. The molecule has 4 heteroatoms. The maximum absolute atomic E-state index is 12.4. The van der Waals surface area contributed by atoms with Gasteiger partial charge in [-0.15, -0.1) is 0 Å². The van der Waals surface area contributed by atoms with Crippen LogP contribution in [0.1, 0.15) is 22.3 Å². The van der Waals surface area contributed by atoms with Crippen LogP contribution < -0.4 is 15.1 Å². The zero-order valence-electron chi connectivity index (χ0n) is 16.4. The molecule has 2 aromatic carbocycles. The van der Waals surface area contributed by atoms with E-state index in [9.17, 15) is 4.79 Å². The minimum atomic E-state index is 0.104. The molecule has 2 N–H and O–H groups in total. The average Bonchev–Trinajstić information content (AvgIpc) is 2.61. The van der Waals surface area contributed by atoms with Crippen LogP contribution in [0.4, 0.5) is 11.4 Å². The molecule has 1 heterocycles. The lowest BCUT2D eigenvalue weighted by atomic mass is 10.1. The molecule has 1 saturated heterocycles. The number of amides is 1. The van der Waals surface area contributed by atoms with Crippen molar-refractivity contribution in [2.45, 2.75) is 27.7 Å². The number of anilines is 2. The van der Waals surface area contributed by atoms with E-state index in [1.807, 2.05) is 19.1 Å². The Balaban J connectivity index is 1.53. The smallest absolute Gasteiger partial charge is 0.279 e. The quantitative estimate of drug-likeness (QED) is 0.886. The lowest BCUT2D eigenvalue weighted by Crippen LogP contribution is -3.15. The van der Waals surface area contributed by atoms with Crippen molar-refractivity contribution in [1.29, 1.82) is 0 Å². The van der Waals surface area contributed by atoms with E-state index in [-0.39, 0.29) is 5.91 Å². The fourth-order valence-corrected chi connectivity index (χ4v) is 3.69. The van der Waals surface area contributed by atoms with Gasteiger partial charge >= 0.3 is 0 Å². The molecule has 138 valence electrons. The molecule has 0 unspecified atom stereocenters. The van der Waals surface area contributed by atoms with Crippen molar-refractivity contribution in [3.05, 3.63) is 58.7 Å². The predicted molar refractivity (Wildman–Crippen MR) is 108 cm³/mol. The van der Waals surface area contributed by atoms with Crippen molar-refractivity contribution in [3.8, 4) is 0 Å². The third-order valence-electron chi connectivity index (χ3n) is 5.45. The van der Waals surface area contributed by atoms with E-state index in [1.165, 1.54) is 27.3 Å². The zero-order chi connectivity index (χ0) is 18.7. The van der Waals surface area contributed by atoms with Crippen LogP contribution in [0.5, 0.6) is 0 Å². The van der Waals surface area contributed by atoms with Gasteiger partial charge in [0, 0.05) is 11.4 Å². The van der Waals surface area contributed by atoms with Gasteiger partial charge in [-0.1, -0.05) is 29.8 Å². The number of nitrogens with zero attached hydrogens (tertiary/aromatic N) is 1. The number of piperazine rings is 1. The summed E-state index contributed by atoms with van der Waals surface area (Å²) >= 11 is 0. The first-order valence-corrected chi connectivity index (χ1v) is 9.46. The van der Waals surface area contributed by atoms with Crippen molar-refractivity contribution < 1.29 is 9.69 Å². The van der Waals surface area contributed by atoms with E-state index < -0.39 is 0 Å². The minimum absolute atomic E-state index is 0.104. The van der Waals surface area contributed by atoms with Crippen molar-refractivity contribution >= 4 is 17.3 Å². The normalized spacial score (nSPS) is 15.2. The molecule has 1 amide bonds. The second kappa shape index (κ2) is 7.92. The second-order valence-electron chi connectivity index (χ2n) is 7.50. The molecule has 0 bridgehead atoms. The van der Waals surface area contributed by atoms with E-state index in [0.29, 0.717) is 6.54 Å². The zero-order valence-corrected chi connectivity index (χ0v) is 16.4. The number of benzene rings is 2. The summed E-state index contributed by atoms with van der Waals surface area (Å²) in [5, 5.41) is 3.07. The van der Waals surface area contributed by atoms with Crippen LogP contribution in [0.2, 0.25) is 0 Å². The lowest BCUT2D eigenvalue weighted by Gasteiger charge is -2.34. The van der Waals surface area contributed by atoms with Gasteiger partial charge in [0.15, 0.2) is 6.54 Å². The number of nitrogens with one attached hydrogen (secondary N) is 2. The molecule has 0 spiro atoms.